The Labute approximate surface area is 97.8 Å². The fraction of sp³-hybridized carbons (Fsp3) is 0.182. The third-order valence-electron chi connectivity index (χ3n) is 2.57. The van der Waals surface area contributed by atoms with Crippen LogP contribution in [0.25, 0.3) is 5.69 Å². The molecule has 0 aliphatic heterocycles. The van der Waals surface area contributed by atoms with Crippen molar-refractivity contribution in [2.45, 2.75) is 13.8 Å². The molecule has 0 aliphatic carbocycles. The minimum Gasteiger partial charge on any atom is -0.382 e. The van der Waals surface area contributed by atoms with Crippen molar-refractivity contribution < 1.29 is 4.92 Å². The second kappa shape index (κ2) is 3.89. The van der Waals surface area contributed by atoms with Gasteiger partial charge in [0.15, 0.2) is 0 Å². The third-order valence-corrected chi connectivity index (χ3v) is 2.57. The van der Waals surface area contributed by atoms with E-state index in [-0.39, 0.29) is 5.69 Å². The van der Waals surface area contributed by atoms with Gasteiger partial charge in [-0.25, -0.2) is 4.68 Å². The van der Waals surface area contributed by atoms with Crippen LogP contribution < -0.4 is 5.73 Å². The summed E-state index contributed by atoms with van der Waals surface area (Å²) in [6, 6.07) is 4.64. The summed E-state index contributed by atoms with van der Waals surface area (Å²) in [7, 11) is 0. The lowest BCUT2D eigenvalue weighted by Crippen LogP contribution is -1.99. The summed E-state index contributed by atoms with van der Waals surface area (Å²) in [6.45, 7) is 3.66. The Balaban J connectivity index is 2.50. The van der Waals surface area contributed by atoms with E-state index >= 15 is 0 Å². The molecule has 2 aromatic rings. The summed E-state index contributed by atoms with van der Waals surface area (Å²) in [5.74, 6) is 0.461. The number of aryl methyl sites for hydroxylation is 2. The van der Waals surface area contributed by atoms with Crippen LogP contribution in [0, 0.1) is 24.0 Å². The first-order valence-electron chi connectivity index (χ1n) is 5.06. The zero-order valence-corrected chi connectivity index (χ0v) is 9.54. The van der Waals surface area contributed by atoms with Gasteiger partial charge in [0.1, 0.15) is 5.82 Å². The van der Waals surface area contributed by atoms with Crippen LogP contribution >= 0.6 is 0 Å². The Morgan fingerprint density at radius 1 is 1.35 bits per heavy atom. The molecule has 6 nitrogen and oxygen atoms in total. The number of anilines is 1. The van der Waals surface area contributed by atoms with Crippen molar-refractivity contribution in [3.8, 4) is 5.69 Å². The normalized spacial score (nSPS) is 10.5. The maximum Gasteiger partial charge on any atom is 0.269 e. The number of hydrogen-bond donors (Lipinski definition) is 1. The van der Waals surface area contributed by atoms with E-state index in [0.717, 1.165) is 16.8 Å². The number of nitrogens with two attached hydrogens (primary N) is 1. The molecule has 2 N–H and O–H groups in total. The standard InChI is InChI=1S/C11H12N4O2/c1-7-5-9(15(16)17)3-4-10(7)14-6-8(2)11(12)13-14/h3-6H,1-2H3,(H2,12,13). The molecule has 1 aromatic heterocycles. The first-order chi connectivity index (χ1) is 7.99. The Morgan fingerprint density at radius 2 is 2.06 bits per heavy atom. The van der Waals surface area contributed by atoms with Gasteiger partial charge in [0.2, 0.25) is 0 Å². The van der Waals surface area contributed by atoms with Crippen molar-refractivity contribution in [1.29, 1.82) is 0 Å². The fourth-order valence-corrected chi connectivity index (χ4v) is 1.61. The van der Waals surface area contributed by atoms with Gasteiger partial charge in [-0.2, -0.15) is 5.10 Å². The quantitative estimate of drug-likeness (QED) is 0.633. The van der Waals surface area contributed by atoms with Crippen LogP contribution in [0.5, 0.6) is 0 Å². The molecule has 0 bridgehead atoms. The number of nitrogens with zero attached hydrogens (tertiary/aromatic N) is 3. The molecule has 0 radical (unpaired) electrons. The topological polar surface area (TPSA) is 87.0 Å². The van der Waals surface area contributed by atoms with Crippen molar-refractivity contribution in [1.82, 2.24) is 9.78 Å². The Morgan fingerprint density at radius 3 is 2.53 bits per heavy atom. The van der Waals surface area contributed by atoms with Gasteiger partial charge >= 0.3 is 0 Å². The van der Waals surface area contributed by atoms with Crippen LogP contribution in [0.1, 0.15) is 11.1 Å². The summed E-state index contributed by atoms with van der Waals surface area (Å²) < 4.78 is 1.63. The van der Waals surface area contributed by atoms with E-state index in [1.54, 1.807) is 23.9 Å². The summed E-state index contributed by atoms with van der Waals surface area (Å²) in [5, 5.41) is 14.8. The molecule has 0 unspecified atom stereocenters. The summed E-state index contributed by atoms with van der Waals surface area (Å²) in [5.41, 5.74) is 8.18. The maximum absolute atomic E-state index is 10.6. The lowest BCUT2D eigenvalue weighted by Gasteiger charge is -2.04. The number of nitrogen functional groups attached to an aromatic ring is 1. The number of nitro groups is 1. The molecule has 0 fully saturated rings. The Kier molecular flexibility index (Phi) is 2.55. The predicted octanol–water partition coefficient (Wildman–Crippen LogP) is 1.98. The lowest BCUT2D eigenvalue weighted by molar-refractivity contribution is -0.384. The fourth-order valence-electron chi connectivity index (χ4n) is 1.61. The first kappa shape index (κ1) is 11.1. The number of benzene rings is 1. The van der Waals surface area contributed by atoms with Gasteiger partial charge in [-0.15, -0.1) is 0 Å². The highest BCUT2D eigenvalue weighted by Crippen LogP contribution is 2.21. The lowest BCUT2D eigenvalue weighted by atomic mass is 10.2. The van der Waals surface area contributed by atoms with Gasteiger partial charge < -0.3 is 5.73 Å². The van der Waals surface area contributed by atoms with Gasteiger partial charge in [-0.3, -0.25) is 10.1 Å². The second-order valence-corrected chi connectivity index (χ2v) is 3.87. The van der Waals surface area contributed by atoms with E-state index < -0.39 is 4.92 Å². The smallest absolute Gasteiger partial charge is 0.269 e. The molecular weight excluding hydrogens is 220 g/mol. The van der Waals surface area contributed by atoms with E-state index in [9.17, 15) is 10.1 Å². The van der Waals surface area contributed by atoms with Crippen LogP contribution in [0.3, 0.4) is 0 Å². The molecule has 1 aromatic carbocycles. The maximum atomic E-state index is 10.6. The highest BCUT2D eigenvalue weighted by Gasteiger charge is 2.10. The number of rotatable bonds is 2. The highest BCUT2D eigenvalue weighted by molar-refractivity contribution is 5.49. The summed E-state index contributed by atoms with van der Waals surface area (Å²) in [6.07, 6.45) is 1.80. The molecular formula is C11H12N4O2. The van der Waals surface area contributed by atoms with Gasteiger partial charge in [0.05, 0.1) is 10.6 Å². The zero-order chi connectivity index (χ0) is 12.6. The van der Waals surface area contributed by atoms with E-state index in [1.807, 2.05) is 6.92 Å². The molecule has 0 aliphatic rings. The molecule has 17 heavy (non-hydrogen) atoms. The van der Waals surface area contributed by atoms with Crippen LogP contribution in [-0.4, -0.2) is 14.7 Å². The van der Waals surface area contributed by atoms with E-state index in [0.29, 0.717) is 5.82 Å². The van der Waals surface area contributed by atoms with Gasteiger partial charge in [-0.1, -0.05) is 0 Å². The van der Waals surface area contributed by atoms with Crippen molar-refractivity contribution in [2.24, 2.45) is 0 Å². The van der Waals surface area contributed by atoms with Crippen LogP contribution in [0.2, 0.25) is 0 Å². The van der Waals surface area contributed by atoms with Crippen LogP contribution in [0.4, 0.5) is 11.5 Å². The van der Waals surface area contributed by atoms with Gasteiger partial charge in [0.25, 0.3) is 5.69 Å². The van der Waals surface area contributed by atoms with Crippen molar-refractivity contribution in [2.75, 3.05) is 5.73 Å². The number of nitro benzene ring substituents is 1. The second-order valence-electron chi connectivity index (χ2n) is 3.87. The molecule has 88 valence electrons. The van der Waals surface area contributed by atoms with Crippen molar-refractivity contribution >= 4 is 11.5 Å². The van der Waals surface area contributed by atoms with E-state index in [4.69, 9.17) is 5.73 Å². The van der Waals surface area contributed by atoms with Gasteiger partial charge in [-0.05, 0) is 25.5 Å². The van der Waals surface area contributed by atoms with E-state index in [2.05, 4.69) is 5.10 Å². The summed E-state index contributed by atoms with van der Waals surface area (Å²) >= 11 is 0. The highest BCUT2D eigenvalue weighted by atomic mass is 16.6. The van der Waals surface area contributed by atoms with Crippen LogP contribution in [-0.2, 0) is 0 Å². The molecule has 0 amide bonds. The summed E-state index contributed by atoms with van der Waals surface area (Å²) in [4.78, 5) is 10.2. The number of aromatic nitrogens is 2. The molecule has 6 heteroatoms. The van der Waals surface area contributed by atoms with Crippen molar-refractivity contribution in [3.05, 3.63) is 45.6 Å². The number of non-ortho nitro benzene ring substituents is 1. The zero-order valence-electron chi connectivity index (χ0n) is 9.54. The van der Waals surface area contributed by atoms with Crippen LogP contribution in [0.15, 0.2) is 24.4 Å². The average Bonchev–Trinajstić information content (AvgIpc) is 2.58. The predicted molar refractivity (Wildman–Crippen MR) is 64.1 cm³/mol. The molecule has 0 spiro atoms. The Bertz CT molecular complexity index is 570. The Hall–Kier alpha value is -2.37. The molecule has 1 heterocycles. The molecule has 0 saturated heterocycles. The molecule has 2 rings (SSSR count). The first-order valence-corrected chi connectivity index (χ1v) is 5.06. The number of hydrogen-bond acceptors (Lipinski definition) is 4. The monoisotopic (exact) mass is 232 g/mol. The minimum atomic E-state index is -0.417. The third kappa shape index (κ3) is 1.96. The molecule has 0 saturated carbocycles. The van der Waals surface area contributed by atoms with E-state index in [1.165, 1.54) is 12.1 Å². The van der Waals surface area contributed by atoms with Gasteiger partial charge in [0, 0.05) is 23.9 Å². The van der Waals surface area contributed by atoms with Crippen molar-refractivity contribution in [3.63, 3.8) is 0 Å². The minimum absolute atomic E-state index is 0.0723. The largest absolute Gasteiger partial charge is 0.382 e. The average molecular weight is 232 g/mol. The SMILES string of the molecule is Cc1cc([N+](=O)[O-])ccc1-n1cc(C)c(N)n1. The molecule has 0 atom stereocenters.